The molecule has 0 saturated heterocycles. The lowest BCUT2D eigenvalue weighted by molar-refractivity contribution is 0.623. The Hall–Kier alpha value is -6.65. The van der Waals surface area contributed by atoms with Crippen molar-refractivity contribution in [2.45, 2.75) is 0 Å². The van der Waals surface area contributed by atoms with Crippen LogP contribution in [-0.2, 0) is 0 Å². The zero-order valence-electron chi connectivity index (χ0n) is 26.4. The van der Waals surface area contributed by atoms with Crippen LogP contribution in [0.25, 0.3) is 77.2 Å². The molecule has 0 bridgehead atoms. The molecular formula is C45H28N2O2. The number of hydrogen-bond donors (Lipinski definition) is 0. The summed E-state index contributed by atoms with van der Waals surface area (Å²) in [5, 5.41) is 6.81. The number of nitrogens with zero attached hydrogens (tertiary/aromatic N) is 2. The molecule has 0 aliphatic heterocycles. The molecule has 10 aromatic rings. The summed E-state index contributed by atoms with van der Waals surface area (Å²) in [6, 6.07) is 59.0. The minimum Gasteiger partial charge on any atom is -0.456 e. The average Bonchev–Trinajstić information content (AvgIpc) is 3.78. The van der Waals surface area contributed by atoms with E-state index in [0.717, 1.165) is 82.9 Å². The summed E-state index contributed by atoms with van der Waals surface area (Å²) < 4.78 is 12.9. The van der Waals surface area contributed by atoms with Crippen molar-refractivity contribution < 1.29 is 8.83 Å². The van der Waals surface area contributed by atoms with Gasteiger partial charge in [0.15, 0.2) is 5.58 Å². The van der Waals surface area contributed by atoms with Gasteiger partial charge in [0.05, 0.1) is 11.3 Å². The molecule has 4 heteroatoms. The number of hydrogen-bond acceptors (Lipinski definition) is 4. The van der Waals surface area contributed by atoms with Crippen LogP contribution in [0.5, 0.6) is 0 Å². The standard InChI is InChI=1S/C45H28N2O2/c1-2-12-32(13-3-1)47(33-26-23-30(24-27-33)35-17-10-20-41-43(35)37-16-7-9-19-40(37)48-41)39-18-8-6-15-36(39)45-46-38-28-25-31-22-21-29-11-4-5-14-34(29)42(31)44(38)49-45/h1-28H. The molecule has 0 fully saturated rings. The Bertz CT molecular complexity index is 2830. The molecule has 0 aliphatic rings. The Morgan fingerprint density at radius 2 is 1.10 bits per heavy atom. The van der Waals surface area contributed by atoms with Crippen molar-refractivity contribution in [3.63, 3.8) is 0 Å². The van der Waals surface area contributed by atoms with E-state index in [1.807, 2.05) is 30.3 Å². The van der Waals surface area contributed by atoms with E-state index >= 15 is 0 Å². The van der Waals surface area contributed by atoms with Gasteiger partial charge in [-0.15, -0.1) is 0 Å². The highest BCUT2D eigenvalue weighted by atomic mass is 16.3. The maximum Gasteiger partial charge on any atom is 0.229 e. The molecule has 0 atom stereocenters. The second-order valence-corrected chi connectivity index (χ2v) is 12.3. The lowest BCUT2D eigenvalue weighted by Gasteiger charge is -2.27. The summed E-state index contributed by atoms with van der Waals surface area (Å²) in [4.78, 5) is 7.34. The molecule has 10 rings (SSSR count). The zero-order valence-corrected chi connectivity index (χ0v) is 26.4. The number of benzene rings is 8. The fraction of sp³-hybridized carbons (Fsp3) is 0. The van der Waals surface area contributed by atoms with Crippen molar-refractivity contribution in [1.29, 1.82) is 0 Å². The second kappa shape index (κ2) is 11.0. The minimum absolute atomic E-state index is 0.585. The first kappa shape index (κ1) is 27.5. The number of rotatable bonds is 5. The summed E-state index contributed by atoms with van der Waals surface area (Å²) in [7, 11) is 0. The second-order valence-electron chi connectivity index (χ2n) is 12.3. The SMILES string of the molecule is c1ccc(N(c2ccc(-c3cccc4oc5ccccc5c34)cc2)c2ccccc2-c2nc3ccc4ccc5ccccc5c4c3o2)cc1. The third-order valence-electron chi connectivity index (χ3n) is 9.49. The van der Waals surface area contributed by atoms with Crippen LogP contribution in [0.1, 0.15) is 0 Å². The molecule has 0 radical (unpaired) electrons. The van der Waals surface area contributed by atoms with Crippen LogP contribution < -0.4 is 4.90 Å². The molecular weight excluding hydrogens is 601 g/mol. The molecule has 49 heavy (non-hydrogen) atoms. The summed E-state index contributed by atoms with van der Waals surface area (Å²) >= 11 is 0. The number of fused-ring (bicyclic) bond motifs is 8. The van der Waals surface area contributed by atoms with Crippen LogP contribution in [0.2, 0.25) is 0 Å². The van der Waals surface area contributed by atoms with Crippen molar-refractivity contribution in [2.75, 3.05) is 4.90 Å². The van der Waals surface area contributed by atoms with Crippen molar-refractivity contribution in [3.05, 3.63) is 170 Å². The van der Waals surface area contributed by atoms with E-state index < -0.39 is 0 Å². The molecule has 4 nitrogen and oxygen atoms in total. The minimum atomic E-state index is 0.585. The first-order chi connectivity index (χ1) is 24.3. The Morgan fingerprint density at radius 3 is 2.00 bits per heavy atom. The monoisotopic (exact) mass is 628 g/mol. The fourth-order valence-corrected chi connectivity index (χ4v) is 7.25. The van der Waals surface area contributed by atoms with Gasteiger partial charge in [0.2, 0.25) is 5.89 Å². The van der Waals surface area contributed by atoms with Crippen molar-refractivity contribution in [3.8, 4) is 22.6 Å². The topological polar surface area (TPSA) is 42.4 Å². The smallest absolute Gasteiger partial charge is 0.229 e. The van der Waals surface area contributed by atoms with Gasteiger partial charge in [-0.1, -0.05) is 115 Å². The predicted octanol–water partition coefficient (Wildman–Crippen LogP) is 12.8. The van der Waals surface area contributed by atoms with Gasteiger partial charge in [-0.2, -0.15) is 0 Å². The van der Waals surface area contributed by atoms with Gasteiger partial charge in [0.1, 0.15) is 16.7 Å². The molecule has 0 N–H and O–H groups in total. The van der Waals surface area contributed by atoms with Crippen LogP contribution in [0.15, 0.2) is 179 Å². The van der Waals surface area contributed by atoms with Gasteiger partial charge in [0, 0.05) is 27.5 Å². The van der Waals surface area contributed by atoms with Crippen molar-refractivity contribution in [1.82, 2.24) is 4.98 Å². The quantitative estimate of drug-likeness (QED) is 0.178. The lowest BCUT2D eigenvalue weighted by atomic mass is 9.99. The Kier molecular flexibility index (Phi) is 6.15. The Balaban J connectivity index is 1.13. The van der Waals surface area contributed by atoms with Crippen molar-refractivity contribution in [2.24, 2.45) is 0 Å². The summed E-state index contributed by atoms with van der Waals surface area (Å²) in [6.45, 7) is 0. The van der Waals surface area contributed by atoms with E-state index in [1.54, 1.807) is 0 Å². The van der Waals surface area contributed by atoms with E-state index in [1.165, 1.54) is 5.39 Å². The number of para-hydroxylation sites is 3. The van der Waals surface area contributed by atoms with E-state index in [9.17, 15) is 0 Å². The van der Waals surface area contributed by atoms with Gasteiger partial charge in [-0.3, -0.25) is 0 Å². The third-order valence-corrected chi connectivity index (χ3v) is 9.49. The molecule has 2 aromatic heterocycles. The van der Waals surface area contributed by atoms with Gasteiger partial charge in [0.25, 0.3) is 0 Å². The van der Waals surface area contributed by atoms with E-state index in [2.05, 4.69) is 144 Å². The van der Waals surface area contributed by atoms with Crippen LogP contribution in [-0.4, -0.2) is 4.98 Å². The predicted molar refractivity (Wildman–Crippen MR) is 202 cm³/mol. The maximum atomic E-state index is 6.74. The average molecular weight is 629 g/mol. The summed E-state index contributed by atoms with van der Waals surface area (Å²) in [6.07, 6.45) is 0. The number of furan rings is 1. The molecule has 0 spiro atoms. The van der Waals surface area contributed by atoms with Crippen LogP contribution >= 0.6 is 0 Å². The fourth-order valence-electron chi connectivity index (χ4n) is 7.25. The largest absolute Gasteiger partial charge is 0.456 e. The zero-order chi connectivity index (χ0) is 32.3. The summed E-state index contributed by atoms with van der Waals surface area (Å²) in [5.41, 5.74) is 9.65. The maximum absolute atomic E-state index is 6.74. The van der Waals surface area contributed by atoms with E-state index in [0.29, 0.717) is 5.89 Å². The normalized spacial score (nSPS) is 11.7. The van der Waals surface area contributed by atoms with Crippen LogP contribution in [0, 0.1) is 0 Å². The highest BCUT2D eigenvalue weighted by Crippen LogP contribution is 2.43. The van der Waals surface area contributed by atoms with Gasteiger partial charge >= 0.3 is 0 Å². The number of oxazole rings is 1. The molecule has 0 unspecified atom stereocenters. The third kappa shape index (κ3) is 4.42. The first-order valence-electron chi connectivity index (χ1n) is 16.5. The lowest BCUT2D eigenvalue weighted by Crippen LogP contribution is -2.11. The summed E-state index contributed by atoms with van der Waals surface area (Å²) in [5.74, 6) is 0.585. The number of aromatic nitrogens is 1. The van der Waals surface area contributed by atoms with Crippen LogP contribution in [0.3, 0.4) is 0 Å². The van der Waals surface area contributed by atoms with E-state index in [-0.39, 0.29) is 0 Å². The molecule has 0 saturated carbocycles. The highest BCUT2D eigenvalue weighted by Gasteiger charge is 2.21. The van der Waals surface area contributed by atoms with Crippen molar-refractivity contribution >= 4 is 71.6 Å². The Labute approximate surface area is 282 Å². The molecule has 230 valence electrons. The molecule has 0 aliphatic carbocycles. The highest BCUT2D eigenvalue weighted by molar-refractivity contribution is 6.18. The molecule has 2 heterocycles. The van der Waals surface area contributed by atoms with Gasteiger partial charge in [-0.25, -0.2) is 4.98 Å². The first-order valence-corrected chi connectivity index (χ1v) is 16.5. The molecule has 8 aromatic carbocycles. The molecule has 0 amide bonds. The van der Waals surface area contributed by atoms with E-state index in [4.69, 9.17) is 13.8 Å². The van der Waals surface area contributed by atoms with Gasteiger partial charge < -0.3 is 13.7 Å². The Morgan fingerprint density at radius 1 is 0.429 bits per heavy atom. The number of anilines is 3. The van der Waals surface area contributed by atoms with Gasteiger partial charge in [-0.05, 0) is 81.9 Å². The van der Waals surface area contributed by atoms with Crippen LogP contribution in [0.4, 0.5) is 17.1 Å².